The van der Waals surface area contributed by atoms with E-state index in [0.29, 0.717) is 12.1 Å². The van der Waals surface area contributed by atoms with Crippen LogP contribution >= 0.6 is 0 Å². The topological polar surface area (TPSA) is 98.1 Å². The minimum Gasteiger partial charge on any atom is -0.508 e. The number of phenols is 1. The van der Waals surface area contributed by atoms with Crippen LogP contribution in [0.25, 0.3) is 0 Å². The maximum absolute atomic E-state index is 12.6. The normalized spacial score (nSPS) is 41.0. The molecule has 1 saturated heterocycles. The quantitative estimate of drug-likeness (QED) is 0.626. The molecule has 2 saturated carbocycles. The lowest BCUT2D eigenvalue weighted by Gasteiger charge is -2.29. The van der Waals surface area contributed by atoms with Crippen molar-refractivity contribution in [3.05, 3.63) is 24.3 Å². The van der Waals surface area contributed by atoms with Gasteiger partial charge >= 0.3 is 0 Å². The summed E-state index contributed by atoms with van der Waals surface area (Å²) >= 11 is 0. The number of nitrogens with zero attached hydrogens (tertiary/aromatic N) is 1. The summed E-state index contributed by atoms with van der Waals surface area (Å²) in [5.74, 6) is -2.31. The Morgan fingerprint density at radius 2 is 1.38 bits per heavy atom. The van der Waals surface area contributed by atoms with Gasteiger partial charge in [-0.15, -0.1) is 0 Å². The van der Waals surface area contributed by atoms with Crippen LogP contribution < -0.4 is 4.90 Å². The number of anilines is 1. The molecule has 2 amide bonds. The zero-order valence-electron chi connectivity index (χ0n) is 11.1. The first-order valence-electron chi connectivity index (χ1n) is 7.03. The first-order chi connectivity index (χ1) is 10.0. The molecule has 2 aliphatic carbocycles. The molecule has 4 rings (SSSR count). The predicted molar refractivity (Wildman–Crippen MR) is 71.2 cm³/mol. The highest BCUT2D eigenvalue weighted by Gasteiger charge is 2.67. The van der Waals surface area contributed by atoms with Crippen molar-refractivity contribution in [2.24, 2.45) is 23.7 Å². The van der Waals surface area contributed by atoms with Crippen molar-refractivity contribution in [1.82, 2.24) is 0 Å². The Hall–Kier alpha value is -1.92. The fraction of sp³-hybridized carbons (Fsp3) is 0.467. The third-order valence-corrected chi connectivity index (χ3v) is 5.20. The number of phenolic OH excluding ortho intramolecular Hbond substituents is 1. The van der Waals surface area contributed by atoms with Crippen molar-refractivity contribution in [3.63, 3.8) is 0 Å². The molecule has 3 fully saturated rings. The molecule has 21 heavy (non-hydrogen) atoms. The van der Waals surface area contributed by atoms with Crippen molar-refractivity contribution in [3.8, 4) is 5.75 Å². The molecule has 6 heteroatoms. The summed E-state index contributed by atoms with van der Waals surface area (Å²) in [5.41, 5.74) is 0.417. The van der Waals surface area contributed by atoms with Crippen LogP contribution in [0.4, 0.5) is 5.69 Å². The molecule has 2 bridgehead atoms. The van der Waals surface area contributed by atoms with Crippen molar-refractivity contribution < 1.29 is 24.9 Å². The van der Waals surface area contributed by atoms with Gasteiger partial charge in [-0.1, -0.05) is 0 Å². The maximum Gasteiger partial charge on any atom is 0.238 e. The average Bonchev–Trinajstić information content (AvgIpc) is 3.06. The van der Waals surface area contributed by atoms with Crippen LogP contribution in [0.1, 0.15) is 6.42 Å². The Morgan fingerprint density at radius 1 is 0.905 bits per heavy atom. The summed E-state index contributed by atoms with van der Waals surface area (Å²) in [5, 5.41) is 29.2. The number of benzene rings is 1. The molecule has 1 aromatic rings. The van der Waals surface area contributed by atoms with E-state index in [1.807, 2.05) is 0 Å². The second-order valence-corrected chi connectivity index (χ2v) is 6.12. The zero-order valence-corrected chi connectivity index (χ0v) is 11.1. The molecule has 3 N–H and O–H groups in total. The van der Waals surface area contributed by atoms with Crippen LogP contribution in [-0.2, 0) is 9.59 Å². The molecule has 3 aliphatic rings. The van der Waals surface area contributed by atoms with Crippen molar-refractivity contribution in [2.75, 3.05) is 4.90 Å². The van der Waals surface area contributed by atoms with Crippen LogP contribution in [-0.4, -0.2) is 39.3 Å². The summed E-state index contributed by atoms with van der Waals surface area (Å²) in [6.45, 7) is 0. The molecule has 1 aliphatic heterocycles. The van der Waals surface area contributed by atoms with Crippen molar-refractivity contribution >= 4 is 17.5 Å². The fourth-order valence-electron chi connectivity index (χ4n) is 4.29. The molecular weight excluding hydrogens is 274 g/mol. The number of fused-ring (bicyclic) bond motifs is 5. The van der Waals surface area contributed by atoms with Gasteiger partial charge in [0.25, 0.3) is 0 Å². The van der Waals surface area contributed by atoms with Gasteiger partial charge in [-0.3, -0.25) is 14.5 Å². The van der Waals surface area contributed by atoms with E-state index in [9.17, 15) is 24.9 Å². The Morgan fingerprint density at radius 3 is 1.86 bits per heavy atom. The Bertz CT molecular complexity index is 595. The number of aliphatic hydroxyl groups is 2. The Balaban J connectivity index is 1.73. The highest BCUT2D eigenvalue weighted by atomic mass is 16.3. The first kappa shape index (κ1) is 12.8. The molecule has 0 spiro atoms. The second kappa shape index (κ2) is 4.05. The van der Waals surface area contributed by atoms with Gasteiger partial charge in [0.15, 0.2) is 0 Å². The third-order valence-electron chi connectivity index (χ3n) is 5.20. The molecule has 0 aromatic heterocycles. The summed E-state index contributed by atoms with van der Waals surface area (Å²) in [6, 6.07) is 5.87. The summed E-state index contributed by atoms with van der Waals surface area (Å²) in [7, 11) is 0. The first-order valence-corrected chi connectivity index (χ1v) is 7.03. The van der Waals surface area contributed by atoms with Gasteiger partial charge < -0.3 is 15.3 Å². The van der Waals surface area contributed by atoms with Gasteiger partial charge in [-0.2, -0.15) is 0 Å². The highest BCUT2D eigenvalue weighted by Crippen LogP contribution is 2.56. The lowest BCUT2D eigenvalue weighted by molar-refractivity contribution is -0.129. The summed E-state index contributed by atoms with van der Waals surface area (Å²) in [6.07, 6.45) is -1.32. The molecule has 6 atom stereocenters. The number of imide groups is 1. The number of aliphatic hydroxyl groups excluding tert-OH is 2. The van der Waals surface area contributed by atoms with Crippen LogP contribution in [0.15, 0.2) is 24.3 Å². The third kappa shape index (κ3) is 1.49. The average molecular weight is 289 g/mol. The Kier molecular flexibility index (Phi) is 2.47. The SMILES string of the molecule is O=C1[C@H]2[C@@H]3C[C@@H]([C@H](O)[C@@H]3O)[C@@H]2C(=O)N1c1ccc(O)cc1. The highest BCUT2D eigenvalue weighted by molar-refractivity contribution is 6.22. The van der Waals surface area contributed by atoms with Gasteiger partial charge in [-0.25, -0.2) is 0 Å². The molecule has 0 unspecified atom stereocenters. The number of rotatable bonds is 1. The largest absolute Gasteiger partial charge is 0.508 e. The lowest BCUT2D eigenvalue weighted by Crippen LogP contribution is -2.43. The predicted octanol–water partition coefficient (Wildman–Crippen LogP) is -0.131. The fourth-order valence-corrected chi connectivity index (χ4v) is 4.29. The number of carbonyl (C=O) groups excluding carboxylic acids is 2. The van der Waals surface area contributed by atoms with Gasteiger partial charge in [-0.05, 0) is 30.7 Å². The Labute approximate surface area is 120 Å². The number of hydrogen-bond donors (Lipinski definition) is 3. The second-order valence-electron chi connectivity index (χ2n) is 6.12. The molecule has 1 heterocycles. The van der Waals surface area contributed by atoms with Gasteiger partial charge in [0, 0.05) is 11.8 Å². The minimum absolute atomic E-state index is 0.0592. The maximum atomic E-state index is 12.6. The van der Waals surface area contributed by atoms with Gasteiger partial charge in [0.05, 0.1) is 29.7 Å². The molecule has 1 aromatic carbocycles. The van der Waals surface area contributed by atoms with Crippen molar-refractivity contribution in [1.29, 1.82) is 0 Å². The number of aromatic hydroxyl groups is 1. The van der Waals surface area contributed by atoms with Crippen LogP contribution in [0.2, 0.25) is 0 Å². The van der Waals surface area contributed by atoms with E-state index in [1.54, 1.807) is 0 Å². The van der Waals surface area contributed by atoms with Crippen LogP contribution in [0.5, 0.6) is 5.75 Å². The van der Waals surface area contributed by atoms with Crippen molar-refractivity contribution in [2.45, 2.75) is 18.6 Å². The van der Waals surface area contributed by atoms with E-state index in [0.717, 1.165) is 4.90 Å². The zero-order chi connectivity index (χ0) is 14.9. The van der Waals surface area contributed by atoms with E-state index in [1.165, 1.54) is 24.3 Å². The smallest absolute Gasteiger partial charge is 0.238 e. The lowest BCUT2D eigenvalue weighted by atomic mass is 9.78. The monoisotopic (exact) mass is 289 g/mol. The summed E-state index contributed by atoms with van der Waals surface area (Å²) in [4.78, 5) is 26.3. The van der Waals surface area contributed by atoms with E-state index >= 15 is 0 Å². The van der Waals surface area contributed by atoms with E-state index in [2.05, 4.69) is 0 Å². The molecule has 0 radical (unpaired) electrons. The van der Waals surface area contributed by atoms with Crippen LogP contribution in [0, 0.1) is 23.7 Å². The number of carbonyl (C=O) groups is 2. The van der Waals surface area contributed by atoms with Gasteiger partial charge in [0.1, 0.15) is 5.75 Å². The minimum atomic E-state index is -0.923. The molecule has 6 nitrogen and oxygen atoms in total. The van der Waals surface area contributed by atoms with Gasteiger partial charge in [0.2, 0.25) is 11.8 Å². The van der Waals surface area contributed by atoms with E-state index < -0.39 is 24.0 Å². The summed E-state index contributed by atoms with van der Waals surface area (Å²) < 4.78 is 0. The standard InChI is InChI=1S/C15H15NO5/c17-7-3-1-6(2-4-7)16-14(20)10-8-5-9(11(10)15(16)21)13(19)12(8)18/h1-4,8-13,17-19H,5H2/t8-,9+,10-,11-,12+,13-/m0/s1. The number of hydrogen-bond acceptors (Lipinski definition) is 5. The van der Waals surface area contributed by atoms with E-state index in [-0.39, 0.29) is 29.4 Å². The molecule has 110 valence electrons. The van der Waals surface area contributed by atoms with Crippen LogP contribution in [0.3, 0.4) is 0 Å². The number of amides is 2. The van der Waals surface area contributed by atoms with E-state index in [4.69, 9.17) is 0 Å². The molecular formula is C15H15NO5.